The molecule has 1 heterocycles. The zero-order valence-corrected chi connectivity index (χ0v) is 14.2. The predicted molar refractivity (Wildman–Crippen MR) is 89.1 cm³/mol. The molecule has 0 saturated carbocycles. The highest BCUT2D eigenvalue weighted by molar-refractivity contribution is 7.09. The van der Waals surface area contributed by atoms with Crippen LogP contribution in [0.1, 0.15) is 31.4 Å². The van der Waals surface area contributed by atoms with E-state index < -0.39 is 4.92 Å². The molecule has 24 heavy (non-hydrogen) atoms. The van der Waals surface area contributed by atoms with Crippen LogP contribution in [0.15, 0.2) is 23.6 Å². The van der Waals surface area contributed by atoms with E-state index in [1.54, 1.807) is 31.5 Å². The van der Waals surface area contributed by atoms with Gasteiger partial charge in [0.2, 0.25) is 0 Å². The maximum atomic E-state index is 12.4. The summed E-state index contributed by atoms with van der Waals surface area (Å²) in [6.45, 7) is 1.83. The van der Waals surface area contributed by atoms with Crippen molar-refractivity contribution in [1.82, 2.24) is 15.2 Å². The quantitative estimate of drug-likeness (QED) is 0.657. The van der Waals surface area contributed by atoms with Crippen LogP contribution < -0.4 is 5.32 Å². The van der Waals surface area contributed by atoms with E-state index in [9.17, 15) is 19.7 Å². The van der Waals surface area contributed by atoms with Crippen LogP contribution in [0, 0.1) is 17.0 Å². The number of thiazole rings is 1. The predicted octanol–water partition coefficient (Wildman–Crippen LogP) is 1.99. The van der Waals surface area contributed by atoms with Crippen molar-refractivity contribution >= 4 is 28.8 Å². The highest BCUT2D eigenvalue weighted by Gasteiger charge is 2.19. The van der Waals surface area contributed by atoms with E-state index >= 15 is 0 Å². The second-order valence-corrected chi connectivity index (χ2v) is 6.07. The van der Waals surface area contributed by atoms with E-state index in [1.807, 2.05) is 0 Å². The summed E-state index contributed by atoms with van der Waals surface area (Å²) in [7, 11) is 3.09. The molecule has 0 spiro atoms. The lowest BCUT2D eigenvalue weighted by Gasteiger charge is -2.15. The summed E-state index contributed by atoms with van der Waals surface area (Å²) in [4.78, 5) is 40.0. The Morgan fingerprint density at radius 2 is 2.12 bits per heavy atom. The Hall–Kier alpha value is -2.81. The van der Waals surface area contributed by atoms with E-state index in [1.165, 1.54) is 29.4 Å². The van der Waals surface area contributed by atoms with Gasteiger partial charge in [-0.05, 0) is 13.0 Å². The number of nitrogens with zero attached hydrogens (tertiary/aromatic N) is 3. The maximum Gasteiger partial charge on any atom is 0.273 e. The molecular formula is C15H16N4O4S. The number of benzene rings is 1. The van der Waals surface area contributed by atoms with Crippen molar-refractivity contribution in [3.63, 3.8) is 0 Å². The van der Waals surface area contributed by atoms with Crippen molar-refractivity contribution in [3.8, 4) is 0 Å². The number of amides is 2. The van der Waals surface area contributed by atoms with Crippen molar-refractivity contribution < 1.29 is 14.5 Å². The number of hydrogen-bond acceptors (Lipinski definition) is 6. The molecule has 0 unspecified atom stereocenters. The Bertz CT molecular complexity index is 803. The number of aryl methyl sites for hydroxylation is 1. The summed E-state index contributed by atoms with van der Waals surface area (Å²) in [5.41, 5.74) is 0.932. The number of rotatable bonds is 5. The van der Waals surface area contributed by atoms with Crippen LogP contribution in [0.25, 0.3) is 0 Å². The molecular weight excluding hydrogens is 332 g/mol. The third kappa shape index (κ3) is 3.74. The van der Waals surface area contributed by atoms with Crippen LogP contribution in [-0.4, -0.2) is 40.7 Å². The van der Waals surface area contributed by atoms with Gasteiger partial charge in [0, 0.05) is 36.7 Å². The molecule has 0 aliphatic heterocycles. The monoisotopic (exact) mass is 348 g/mol. The largest absolute Gasteiger partial charge is 0.354 e. The van der Waals surface area contributed by atoms with Crippen LogP contribution in [-0.2, 0) is 6.54 Å². The summed E-state index contributed by atoms with van der Waals surface area (Å²) in [5, 5.41) is 15.7. The molecule has 0 bridgehead atoms. The molecule has 0 aliphatic carbocycles. The van der Waals surface area contributed by atoms with Gasteiger partial charge >= 0.3 is 0 Å². The van der Waals surface area contributed by atoms with Crippen LogP contribution in [0.4, 0.5) is 5.69 Å². The van der Waals surface area contributed by atoms with Crippen molar-refractivity contribution in [2.45, 2.75) is 13.5 Å². The Morgan fingerprint density at radius 3 is 2.75 bits per heavy atom. The van der Waals surface area contributed by atoms with Crippen molar-refractivity contribution in [2.24, 2.45) is 0 Å². The standard InChI is InChI=1S/C15H16N4O4S/c1-9-4-5-10(6-12(9)19(22)23)15(21)18(3)7-13-17-11(8-24-13)14(20)16-2/h4-6,8H,7H2,1-3H3,(H,16,20). The molecule has 1 N–H and O–H groups in total. The fourth-order valence-corrected chi connectivity index (χ4v) is 2.88. The molecule has 1 aromatic carbocycles. The minimum atomic E-state index is -0.511. The summed E-state index contributed by atoms with van der Waals surface area (Å²) in [5.74, 6) is -0.643. The third-order valence-electron chi connectivity index (χ3n) is 3.38. The summed E-state index contributed by atoms with van der Waals surface area (Å²) in [6, 6.07) is 4.37. The van der Waals surface area contributed by atoms with Gasteiger partial charge in [-0.15, -0.1) is 11.3 Å². The highest BCUT2D eigenvalue weighted by Crippen LogP contribution is 2.21. The SMILES string of the molecule is CNC(=O)c1csc(CN(C)C(=O)c2ccc(C)c([N+](=O)[O-])c2)n1. The molecule has 2 amide bonds. The van der Waals surface area contributed by atoms with Crippen LogP contribution in [0.2, 0.25) is 0 Å². The molecule has 0 aliphatic rings. The molecule has 126 valence electrons. The first-order valence-corrected chi connectivity index (χ1v) is 7.88. The summed E-state index contributed by atoms with van der Waals surface area (Å²) in [6.07, 6.45) is 0. The molecule has 0 atom stereocenters. The molecule has 0 saturated heterocycles. The van der Waals surface area contributed by atoms with E-state index in [2.05, 4.69) is 10.3 Å². The average molecular weight is 348 g/mol. The van der Waals surface area contributed by atoms with Crippen LogP contribution in [0.5, 0.6) is 0 Å². The molecule has 8 nitrogen and oxygen atoms in total. The third-order valence-corrected chi connectivity index (χ3v) is 4.22. The second kappa shape index (κ2) is 7.18. The number of carbonyl (C=O) groups excluding carboxylic acids is 2. The topological polar surface area (TPSA) is 105 Å². The van der Waals surface area contributed by atoms with Gasteiger partial charge in [0.25, 0.3) is 17.5 Å². The first-order chi connectivity index (χ1) is 11.3. The lowest BCUT2D eigenvalue weighted by molar-refractivity contribution is -0.385. The zero-order chi connectivity index (χ0) is 17.9. The Labute approximate surface area is 142 Å². The fraction of sp³-hybridized carbons (Fsp3) is 0.267. The number of aromatic nitrogens is 1. The zero-order valence-electron chi connectivity index (χ0n) is 13.4. The van der Waals surface area contributed by atoms with Crippen molar-refractivity contribution in [2.75, 3.05) is 14.1 Å². The number of nitrogens with one attached hydrogen (secondary N) is 1. The first-order valence-electron chi connectivity index (χ1n) is 7.00. The smallest absolute Gasteiger partial charge is 0.273 e. The van der Waals surface area contributed by atoms with Crippen molar-refractivity contribution in [1.29, 1.82) is 0 Å². The minimum absolute atomic E-state index is 0.0922. The molecule has 0 radical (unpaired) electrons. The summed E-state index contributed by atoms with van der Waals surface area (Å²) >= 11 is 1.27. The number of nitro groups is 1. The van der Waals surface area contributed by atoms with Gasteiger partial charge in [0.15, 0.2) is 0 Å². The van der Waals surface area contributed by atoms with Gasteiger partial charge in [-0.1, -0.05) is 6.07 Å². The Morgan fingerprint density at radius 1 is 1.42 bits per heavy atom. The van der Waals surface area contributed by atoms with E-state index in [4.69, 9.17) is 0 Å². The minimum Gasteiger partial charge on any atom is -0.354 e. The molecule has 2 aromatic rings. The van der Waals surface area contributed by atoms with Gasteiger partial charge in [0.1, 0.15) is 10.7 Å². The number of carbonyl (C=O) groups is 2. The van der Waals surface area contributed by atoms with Gasteiger partial charge in [-0.3, -0.25) is 19.7 Å². The van der Waals surface area contributed by atoms with Gasteiger partial charge < -0.3 is 10.2 Å². The van der Waals surface area contributed by atoms with Crippen LogP contribution >= 0.6 is 11.3 Å². The Balaban J connectivity index is 2.15. The van der Waals surface area contributed by atoms with Gasteiger partial charge in [0.05, 0.1) is 11.5 Å². The normalized spacial score (nSPS) is 10.3. The molecule has 2 rings (SSSR count). The second-order valence-electron chi connectivity index (χ2n) is 5.13. The highest BCUT2D eigenvalue weighted by atomic mass is 32.1. The summed E-state index contributed by atoms with van der Waals surface area (Å²) < 4.78 is 0. The first kappa shape index (κ1) is 17.5. The molecule has 1 aromatic heterocycles. The lowest BCUT2D eigenvalue weighted by atomic mass is 10.1. The van der Waals surface area contributed by atoms with Crippen LogP contribution in [0.3, 0.4) is 0 Å². The number of nitro benzene ring substituents is 1. The van der Waals surface area contributed by atoms with E-state index in [0.29, 0.717) is 16.3 Å². The van der Waals surface area contributed by atoms with Crippen molar-refractivity contribution in [3.05, 3.63) is 55.5 Å². The van der Waals surface area contributed by atoms with Gasteiger partial charge in [-0.25, -0.2) is 4.98 Å². The molecule has 9 heteroatoms. The van der Waals surface area contributed by atoms with E-state index in [0.717, 1.165) is 0 Å². The Kier molecular flexibility index (Phi) is 5.24. The van der Waals surface area contributed by atoms with Gasteiger partial charge in [-0.2, -0.15) is 0 Å². The molecule has 0 fully saturated rings. The van der Waals surface area contributed by atoms with E-state index in [-0.39, 0.29) is 29.6 Å². The lowest BCUT2D eigenvalue weighted by Crippen LogP contribution is -2.26. The number of hydrogen-bond donors (Lipinski definition) is 1. The average Bonchev–Trinajstić information content (AvgIpc) is 3.02. The maximum absolute atomic E-state index is 12.4. The fourth-order valence-electron chi connectivity index (χ4n) is 2.05.